The van der Waals surface area contributed by atoms with Crippen LogP contribution < -0.4 is 5.32 Å². The Morgan fingerprint density at radius 1 is 1.50 bits per heavy atom. The largest absolute Gasteiger partial charge is 0.480 e. The summed E-state index contributed by atoms with van der Waals surface area (Å²) in [4.78, 5) is 32.0. The molecule has 0 saturated carbocycles. The molecule has 18 heavy (non-hydrogen) atoms. The van der Waals surface area contributed by atoms with Crippen LogP contribution in [-0.2, 0) is 4.79 Å². The van der Waals surface area contributed by atoms with Crippen LogP contribution in [0.3, 0.4) is 0 Å². The number of carboxylic acids is 1. The van der Waals surface area contributed by atoms with Gasteiger partial charge < -0.3 is 10.4 Å². The first-order valence-corrected chi connectivity index (χ1v) is 5.18. The van der Waals surface area contributed by atoms with Crippen LogP contribution in [0.15, 0.2) is 18.2 Å². The molecular formula is C10H9ClN2O5. The Kier molecular flexibility index (Phi) is 4.22. The van der Waals surface area contributed by atoms with Gasteiger partial charge in [-0.25, -0.2) is 0 Å². The topological polar surface area (TPSA) is 110 Å². The number of hydrogen-bond donors (Lipinski definition) is 2. The van der Waals surface area contributed by atoms with Gasteiger partial charge >= 0.3 is 5.97 Å². The summed E-state index contributed by atoms with van der Waals surface area (Å²) in [6.07, 6.45) is 0. The number of nitro groups is 1. The number of benzene rings is 1. The SMILES string of the molecule is C[C@@H](NC(=O)c1ccc([N+](=O)[O-])cc1Cl)C(=O)O. The number of nitrogens with zero attached hydrogens (tertiary/aromatic N) is 1. The van der Waals surface area contributed by atoms with Crippen molar-refractivity contribution in [2.45, 2.75) is 13.0 Å². The molecule has 0 aliphatic heterocycles. The lowest BCUT2D eigenvalue weighted by molar-refractivity contribution is -0.384. The third-order valence-electron chi connectivity index (χ3n) is 2.13. The van der Waals surface area contributed by atoms with E-state index in [4.69, 9.17) is 16.7 Å². The van der Waals surface area contributed by atoms with Gasteiger partial charge in [-0.15, -0.1) is 0 Å². The van der Waals surface area contributed by atoms with Crippen LogP contribution in [0, 0.1) is 10.1 Å². The average molecular weight is 273 g/mol. The highest BCUT2D eigenvalue weighted by molar-refractivity contribution is 6.34. The number of amides is 1. The molecule has 0 spiro atoms. The predicted octanol–water partition coefficient (Wildman–Crippen LogP) is 1.45. The molecule has 0 aliphatic carbocycles. The lowest BCUT2D eigenvalue weighted by Gasteiger charge is -2.09. The van der Waals surface area contributed by atoms with Crippen molar-refractivity contribution >= 4 is 29.2 Å². The van der Waals surface area contributed by atoms with Crippen LogP contribution in [0.5, 0.6) is 0 Å². The molecule has 1 rings (SSSR count). The molecule has 1 atom stereocenters. The number of nitrogens with one attached hydrogen (secondary N) is 1. The zero-order valence-corrected chi connectivity index (χ0v) is 9.97. The van der Waals surface area contributed by atoms with Gasteiger partial charge in [-0.2, -0.15) is 0 Å². The molecule has 0 heterocycles. The highest BCUT2D eigenvalue weighted by atomic mass is 35.5. The highest BCUT2D eigenvalue weighted by Gasteiger charge is 2.19. The molecule has 0 aromatic heterocycles. The molecule has 1 aromatic rings. The van der Waals surface area contributed by atoms with E-state index in [0.29, 0.717) is 0 Å². The molecule has 0 unspecified atom stereocenters. The van der Waals surface area contributed by atoms with Crippen molar-refractivity contribution < 1.29 is 19.6 Å². The van der Waals surface area contributed by atoms with Crippen LogP contribution >= 0.6 is 11.6 Å². The lowest BCUT2D eigenvalue weighted by atomic mass is 10.2. The van der Waals surface area contributed by atoms with Gasteiger partial charge in [0.15, 0.2) is 0 Å². The fraction of sp³-hybridized carbons (Fsp3) is 0.200. The molecule has 1 amide bonds. The van der Waals surface area contributed by atoms with Crippen molar-refractivity contribution in [1.29, 1.82) is 0 Å². The van der Waals surface area contributed by atoms with E-state index in [2.05, 4.69) is 5.32 Å². The quantitative estimate of drug-likeness (QED) is 0.637. The number of rotatable bonds is 4. The standard InChI is InChI=1S/C10H9ClN2O5/c1-5(10(15)16)12-9(14)7-3-2-6(13(17)18)4-8(7)11/h2-5H,1H3,(H,12,14)(H,15,16)/t5-/m1/s1. The second-order valence-corrected chi connectivity index (χ2v) is 3.86. The minimum Gasteiger partial charge on any atom is -0.480 e. The summed E-state index contributed by atoms with van der Waals surface area (Å²) in [5, 5.41) is 21.2. The molecule has 8 heteroatoms. The second-order valence-electron chi connectivity index (χ2n) is 3.45. The van der Waals surface area contributed by atoms with Gasteiger partial charge in [0.2, 0.25) is 0 Å². The van der Waals surface area contributed by atoms with Gasteiger partial charge in [0.05, 0.1) is 15.5 Å². The van der Waals surface area contributed by atoms with Crippen molar-refractivity contribution in [3.8, 4) is 0 Å². The lowest BCUT2D eigenvalue weighted by Crippen LogP contribution is -2.38. The normalized spacial score (nSPS) is 11.7. The first kappa shape index (κ1) is 13.9. The molecule has 0 saturated heterocycles. The van der Waals surface area contributed by atoms with Crippen molar-refractivity contribution in [3.05, 3.63) is 38.9 Å². The van der Waals surface area contributed by atoms with Crippen LogP contribution in [0.1, 0.15) is 17.3 Å². The number of non-ortho nitro benzene ring substituents is 1. The summed E-state index contributed by atoms with van der Waals surface area (Å²) in [6, 6.07) is 2.24. The van der Waals surface area contributed by atoms with Gasteiger partial charge in [-0.05, 0) is 13.0 Å². The Morgan fingerprint density at radius 3 is 2.56 bits per heavy atom. The minimum atomic E-state index is -1.19. The number of aliphatic carboxylic acids is 1. The van der Waals surface area contributed by atoms with Crippen molar-refractivity contribution in [2.24, 2.45) is 0 Å². The Labute approximate surface area is 107 Å². The van der Waals surface area contributed by atoms with E-state index >= 15 is 0 Å². The van der Waals surface area contributed by atoms with Crippen molar-refractivity contribution in [1.82, 2.24) is 5.32 Å². The first-order chi connectivity index (χ1) is 8.32. The van der Waals surface area contributed by atoms with E-state index in [1.807, 2.05) is 0 Å². The number of halogens is 1. The van der Waals surface area contributed by atoms with E-state index < -0.39 is 22.8 Å². The summed E-state index contributed by atoms with van der Waals surface area (Å²) < 4.78 is 0. The van der Waals surface area contributed by atoms with Gasteiger partial charge in [-0.3, -0.25) is 19.7 Å². The maximum absolute atomic E-state index is 11.6. The van der Waals surface area contributed by atoms with E-state index in [9.17, 15) is 19.7 Å². The van der Waals surface area contributed by atoms with Crippen molar-refractivity contribution in [3.63, 3.8) is 0 Å². The average Bonchev–Trinajstić information content (AvgIpc) is 2.28. The van der Waals surface area contributed by atoms with E-state index in [1.54, 1.807) is 0 Å². The number of carbonyl (C=O) groups excluding carboxylic acids is 1. The Balaban J connectivity index is 2.94. The van der Waals surface area contributed by atoms with Crippen LogP contribution in [0.25, 0.3) is 0 Å². The summed E-state index contributed by atoms with van der Waals surface area (Å²) in [7, 11) is 0. The van der Waals surface area contributed by atoms with Gasteiger partial charge in [0, 0.05) is 12.1 Å². The maximum Gasteiger partial charge on any atom is 0.325 e. The molecule has 2 N–H and O–H groups in total. The number of carboxylic acid groups (broad SMARTS) is 1. The van der Waals surface area contributed by atoms with Crippen molar-refractivity contribution in [2.75, 3.05) is 0 Å². The van der Waals surface area contributed by atoms with E-state index in [-0.39, 0.29) is 16.3 Å². The molecule has 0 fully saturated rings. The first-order valence-electron chi connectivity index (χ1n) is 4.80. The summed E-state index contributed by atoms with van der Waals surface area (Å²) >= 11 is 5.72. The van der Waals surface area contributed by atoms with E-state index in [0.717, 1.165) is 12.1 Å². The molecule has 0 aliphatic rings. The molecule has 0 bridgehead atoms. The minimum absolute atomic E-state index is 0.0182. The third-order valence-corrected chi connectivity index (χ3v) is 2.44. The van der Waals surface area contributed by atoms with Crippen LogP contribution in [0.2, 0.25) is 5.02 Å². The molecule has 96 valence electrons. The monoisotopic (exact) mass is 272 g/mol. The van der Waals surface area contributed by atoms with E-state index in [1.165, 1.54) is 13.0 Å². The zero-order valence-electron chi connectivity index (χ0n) is 9.21. The van der Waals surface area contributed by atoms with Crippen LogP contribution in [-0.4, -0.2) is 27.9 Å². The summed E-state index contributed by atoms with van der Waals surface area (Å²) in [5.41, 5.74) is -0.266. The molecule has 7 nitrogen and oxygen atoms in total. The highest BCUT2D eigenvalue weighted by Crippen LogP contribution is 2.22. The zero-order chi connectivity index (χ0) is 13.9. The molecule has 1 aromatic carbocycles. The fourth-order valence-corrected chi connectivity index (χ4v) is 1.40. The molecule has 0 radical (unpaired) electrons. The smallest absolute Gasteiger partial charge is 0.325 e. The second kappa shape index (κ2) is 5.46. The Hall–Kier alpha value is -2.15. The van der Waals surface area contributed by atoms with Crippen LogP contribution in [0.4, 0.5) is 5.69 Å². The third kappa shape index (κ3) is 3.17. The predicted molar refractivity (Wildman–Crippen MR) is 62.7 cm³/mol. The number of nitro benzene ring substituents is 1. The molecular weight excluding hydrogens is 264 g/mol. The van der Waals surface area contributed by atoms with Gasteiger partial charge in [0.25, 0.3) is 11.6 Å². The number of carbonyl (C=O) groups is 2. The maximum atomic E-state index is 11.6. The fourth-order valence-electron chi connectivity index (χ4n) is 1.14. The van der Waals surface area contributed by atoms with Gasteiger partial charge in [0.1, 0.15) is 6.04 Å². The summed E-state index contributed by atoms with van der Waals surface area (Å²) in [6.45, 7) is 1.29. The number of hydrogen-bond acceptors (Lipinski definition) is 4. The van der Waals surface area contributed by atoms with Gasteiger partial charge in [-0.1, -0.05) is 11.6 Å². The Bertz CT molecular complexity index is 517. The Morgan fingerprint density at radius 2 is 2.11 bits per heavy atom. The summed E-state index contributed by atoms with van der Waals surface area (Å²) in [5.74, 6) is -1.90.